The third-order valence-electron chi connectivity index (χ3n) is 4.13. The van der Waals surface area contributed by atoms with Gasteiger partial charge >= 0.3 is 0 Å². The molecule has 1 aromatic rings. The molecule has 0 fully saturated rings. The zero-order valence-electron chi connectivity index (χ0n) is 13.7. The summed E-state index contributed by atoms with van der Waals surface area (Å²) in [5.74, 6) is 0.151. The lowest BCUT2D eigenvalue weighted by molar-refractivity contribution is -0.131. The molecule has 1 atom stereocenters. The molecule has 120 valence electrons. The number of amides is 2. The van der Waals surface area contributed by atoms with Crippen molar-refractivity contribution in [2.45, 2.75) is 46.0 Å². The van der Waals surface area contributed by atoms with Crippen LogP contribution in [0.15, 0.2) is 24.3 Å². The number of carbonyl (C=O) groups is 2. The van der Waals surface area contributed by atoms with Crippen LogP contribution in [0.2, 0.25) is 0 Å². The predicted molar refractivity (Wildman–Crippen MR) is 87.6 cm³/mol. The van der Waals surface area contributed by atoms with E-state index in [1.807, 2.05) is 20.8 Å². The molecule has 2 amide bonds. The first-order chi connectivity index (χ1) is 10.4. The number of benzene rings is 1. The van der Waals surface area contributed by atoms with Gasteiger partial charge in [-0.1, -0.05) is 45.0 Å². The Morgan fingerprint density at radius 2 is 1.91 bits per heavy atom. The van der Waals surface area contributed by atoms with Gasteiger partial charge in [-0.3, -0.25) is 9.59 Å². The molecule has 1 aliphatic carbocycles. The molecule has 2 rings (SSSR count). The van der Waals surface area contributed by atoms with Gasteiger partial charge in [0.05, 0.1) is 6.54 Å². The topological polar surface area (TPSA) is 58.2 Å². The van der Waals surface area contributed by atoms with Gasteiger partial charge in [-0.15, -0.1) is 0 Å². The standard InChI is InChI=1S/C18H26N2O2/c1-18(2,3)17(22)20-12-16(21)19-11-14-9-6-8-13-7-4-5-10-15(13)14/h4-5,7,10,14H,6,8-9,11-12H2,1-3H3,(H,19,21)(H,20,22). The van der Waals surface area contributed by atoms with E-state index < -0.39 is 5.41 Å². The zero-order chi connectivity index (χ0) is 16.2. The van der Waals surface area contributed by atoms with E-state index in [4.69, 9.17) is 0 Å². The second-order valence-corrected chi connectivity index (χ2v) is 7.02. The minimum Gasteiger partial charge on any atom is -0.354 e. The fraction of sp³-hybridized carbons (Fsp3) is 0.556. The third-order valence-corrected chi connectivity index (χ3v) is 4.13. The Balaban J connectivity index is 1.81. The average molecular weight is 302 g/mol. The molecular formula is C18H26N2O2. The second kappa shape index (κ2) is 6.95. The summed E-state index contributed by atoms with van der Waals surface area (Å²) >= 11 is 0. The number of rotatable bonds is 4. The third kappa shape index (κ3) is 4.33. The van der Waals surface area contributed by atoms with Crippen LogP contribution in [0.1, 0.15) is 50.7 Å². The Hall–Kier alpha value is -1.84. The van der Waals surface area contributed by atoms with Gasteiger partial charge in [-0.25, -0.2) is 0 Å². The Morgan fingerprint density at radius 3 is 2.64 bits per heavy atom. The highest BCUT2D eigenvalue weighted by molar-refractivity contribution is 5.87. The second-order valence-electron chi connectivity index (χ2n) is 7.02. The van der Waals surface area contributed by atoms with E-state index >= 15 is 0 Å². The number of carbonyl (C=O) groups excluding carboxylic acids is 2. The fourth-order valence-corrected chi connectivity index (χ4v) is 2.79. The Bertz CT molecular complexity index is 546. The maximum absolute atomic E-state index is 11.9. The fourth-order valence-electron chi connectivity index (χ4n) is 2.79. The minimum atomic E-state index is -0.470. The number of hydrogen-bond acceptors (Lipinski definition) is 2. The molecule has 0 heterocycles. The molecule has 0 radical (unpaired) electrons. The largest absolute Gasteiger partial charge is 0.354 e. The summed E-state index contributed by atoms with van der Waals surface area (Å²) in [6.07, 6.45) is 3.40. The van der Waals surface area contributed by atoms with E-state index in [1.165, 1.54) is 11.1 Å². The molecule has 0 aromatic heterocycles. The Labute approximate surface area is 132 Å². The van der Waals surface area contributed by atoms with Crippen LogP contribution in [0.3, 0.4) is 0 Å². The van der Waals surface area contributed by atoms with Crippen molar-refractivity contribution >= 4 is 11.8 Å². The van der Waals surface area contributed by atoms with Crippen molar-refractivity contribution in [1.29, 1.82) is 0 Å². The van der Waals surface area contributed by atoms with E-state index in [2.05, 4.69) is 34.9 Å². The van der Waals surface area contributed by atoms with E-state index in [9.17, 15) is 9.59 Å². The first kappa shape index (κ1) is 16.5. The lowest BCUT2D eigenvalue weighted by Gasteiger charge is -2.25. The van der Waals surface area contributed by atoms with Gasteiger partial charge in [0.2, 0.25) is 11.8 Å². The van der Waals surface area contributed by atoms with E-state index in [1.54, 1.807) is 0 Å². The van der Waals surface area contributed by atoms with E-state index in [0.717, 1.165) is 19.3 Å². The number of hydrogen-bond donors (Lipinski definition) is 2. The summed E-state index contributed by atoms with van der Waals surface area (Å²) in [4.78, 5) is 23.7. The van der Waals surface area contributed by atoms with Crippen molar-refractivity contribution in [3.05, 3.63) is 35.4 Å². The van der Waals surface area contributed by atoms with Crippen molar-refractivity contribution < 1.29 is 9.59 Å². The lowest BCUT2D eigenvalue weighted by Crippen LogP contribution is -2.42. The highest BCUT2D eigenvalue weighted by atomic mass is 16.2. The summed E-state index contributed by atoms with van der Waals surface area (Å²) in [7, 11) is 0. The van der Waals surface area contributed by atoms with Crippen molar-refractivity contribution in [1.82, 2.24) is 10.6 Å². The van der Waals surface area contributed by atoms with Gasteiger partial charge in [0.1, 0.15) is 0 Å². The van der Waals surface area contributed by atoms with Gasteiger partial charge in [0.25, 0.3) is 0 Å². The maximum Gasteiger partial charge on any atom is 0.239 e. The van der Waals surface area contributed by atoms with Gasteiger partial charge in [0.15, 0.2) is 0 Å². The first-order valence-corrected chi connectivity index (χ1v) is 8.00. The van der Waals surface area contributed by atoms with Crippen LogP contribution in [0.25, 0.3) is 0 Å². The molecule has 1 aliphatic rings. The molecule has 1 unspecified atom stereocenters. The normalized spacial score (nSPS) is 17.5. The lowest BCUT2D eigenvalue weighted by atomic mass is 9.83. The summed E-state index contributed by atoms with van der Waals surface area (Å²) in [5, 5.41) is 5.62. The van der Waals surface area contributed by atoms with Gasteiger partial charge < -0.3 is 10.6 Å². The summed E-state index contributed by atoms with van der Waals surface area (Å²) in [5.41, 5.74) is 2.28. The van der Waals surface area contributed by atoms with E-state index in [0.29, 0.717) is 12.5 Å². The van der Waals surface area contributed by atoms with Gasteiger partial charge in [0, 0.05) is 17.9 Å². The molecule has 0 saturated carbocycles. The van der Waals surface area contributed by atoms with Crippen LogP contribution in [0.5, 0.6) is 0 Å². The average Bonchev–Trinajstić information content (AvgIpc) is 2.49. The summed E-state index contributed by atoms with van der Waals surface area (Å²) in [6, 6.07) is 8.46. The monoisotopic (exact) mass is 302 g/mol. The first-order valence-electron chi connectivity index (χ1n) is 8.00. The summed E-state index contributed by atoms with van der Waals surface area (Å²) < 4.78 is 0. The molecule has 0 bridgehead atoms. The van der Waals surface area contributed by atoms with E-state index in [-0.39, 0.29) is 18.4 Å². The van der Waals surface area contributed by atoms with Gasteiger partial charge in [-0.05, 0) is 30.4 Å². The number of aryl methyl sites for hydroxylation is 1. The minimum absolute atomic E-state index is 0.0461. The SMILES string of the molecule is CC(C)(C)C(=O)NCC(=O)NCC1CCCc2ccccc21. The molecule has 1 aromatic carbocycles. The molecule has 4 heteroatoms. The van der Waals surface area contributed by atoms with Crippen LogP contribution in [-0.2, 0) is 16.0 Å². The molecule has 0 saturated heterocycles. The molecule has 22 heavy (non-hydrogen) atoms. The highest BCUT2D eigenvalue weighted by Gasteiger charge is 2.22. The zero-order valence-corrected chi connectivity index (χ0v) is 13.7. The Morgan fingerprint density at radius 1 is 1.18 bits per heavy atom. The van der Waals surface area contributed by atoms with Crippen molar-refractivity contribution in [2.24, 2.45) is 5.41 Å². The molecule has 2 N–H and O–H groups in total. The highest BCUT2D eigenvalue weighted by Crippen LogP contribution is 2.30. The number of nitrogens with one attached hydrogen (secondary N) is 2. The molecule has 4 nitrogen and oxygen atoms in total. The predicted octanol–water partition coefficient (Wildman–Crippen LogP) is 2.38. The summed E-state index contributed by atoms with van der Waals surface area (Å²) in [6.45, 7) is 6.18. The van der Waals surface area contributed by atoms with Crippen LogP contribution < -0.4 is 10.6 Å². The van der Waals surface area contributed by atoms with Gasteiger partial charge in [-0.2, -0.15) is 0 Å². The van der Waals surface area contributed by atoms with Crippen LogP contribution in [-0.4, -0.2) is 24.9 Å². The van der Waals surface area contributed by atoms with Crippen molar-refractivity contribution in [3.8, 4) is 0 Å². The van der Waals surface area contributed by atoms with Crippen molar-refractivity contribution in [3.63, 3.8) is 0 Å². The maximum atomic E-state index is 11.9. The van der Waals surface area contributed by atoms with Crippen LogP contribution in [0.4, 0.5) is 0 Å². The molecule has 0 aliphatic heterocycles. The number of fused-ring (bicyclic) bond motifs is 1. The Kier molecular flexibility index (Phi) is 5.22. The smallest absolute Gasteiger partial charge is 0.239 e. The quantitative estimate of drug-likeness (QED) is 0.897. The molecular weight excluding hydrogens is 276 g/mol. The molecule has 0 spiro atoms. The van der Waals surface area contributed by atoms with Crippen LogP contribution in [0, 0.1) is 5.41 Å². The van der Waals surface area contributed by atoms with Crippen LogP contribution >= 0.6 is 0 Å². The van der Waals surface area contributed by atoms with Crippen molar-refractivity contribution in [2.75, 3.05) is 13.1 Å².